The smallest absolute Gasteiger partial charge is 0.0101 e. The van der Waals surface area contributed by atoms with Crippen molar-refractivity contribution in [2.24, 2.45) is 11.8 Å². The monoisotopic (exact) mass is 251 g/mol. The number of aryl methyl sites for hydroxylation is 1. The van der Waals surface area contributed by atoms with E-state index in [2.05, 4.69) is 36.7 Å². The highest BCUT2D eigenvalue weighted by atomic mass is 32.1. The SMILES string of the molecule is CCNC(CCc1cccs1)C1CCCC1C. The topological polar surface area (TPSA) is 12.0 Å². The maximum absolute atomic E-state index is 3.72. The number of hydrogen-bond donors (Lipinski definition) is 1. The summed E-state index contributed by atoms with van der Waals surface area (Å²) in [6, 6.07) is 5.17. The average molecular weight is 251 g/mol. The van der Waals surface area contributed by atoms with Crippen LogP contribution in [0.5, 0.6) is 0 Å². The molecule has 0 radical (unpaired) electrons. The zero-order valence-corrected chi connectivity index (χ0v) is 11.9. The Morgan fingerprint density at radius 1 is 1.47 bits per heavy atom. The van der Waals surface area contributed by atoms with Gasteiger partial charge in [-0.2, -0.15) is 0 Å². The van der Waals surface area contributed by atoms with Crippen LogP contribution in [0.3, 0.4) is 0 Å². The molecule has 1 nitrogen and oxygen atoms in total. The van der Waals surface area contributed by atoms with Gasteiger partial charge in [0.05, 0.1) is 0 Å². The Morgan fingerprint density at radius 2 is 2.35 bits per heavy atom. The van der Waals surface area contributed by atoms with Crippen LogP contribution in [0, 0.1) is 11.8 Å². The van der Waals surface area contributed by atoms with Crippen LogP contribution in [-0.4, -0.2) is 12.6 Å². The van der Waals surface area contributed by atoms with Crippen molar-refractivity contribution in [2.45, 2.75) is 52.0 Å². The van der Waals surface area contributed by atoms with Crippen molar-refractivity contribution < 1.29 is 0 Å². The molecule has 0 amide bonds. The largest absolute Gasteiger partial charge is 0.314 e. The molecule has 0 bridgehead atoms. The predicted octanol–water partition coefficient (Wildman–Crippen LogP) is 4.10. The molecule has 0 aromatic carbocycles. The van der Waals surface area contributed by atoms with Crippen molar-refractivity contribution in [2.75, 3.05) is 6.54 Å². The van der Waals surface area contributed by atoms with Crippen LogP contribution in [0.4, 0.5) is 0 Å². The lowest BCUT2D eigenvalue weighted by atomic mass is 9.87. The van der Waals surface area contributed by atoms with Crippen LogP contribution in [-0.2, 0) is 6.42 Å². The summed E-state index contributed by atoms with van der Waals surface area (Å²) < 4.78 is 0. The van der Waals surface area contributed by atoms with Crippen molar-refractivity contribution in [1.29, 1.82) is 0 Å². The predicted molar refractivity (Wildman–Crippen MR) is 76.6 cm³/mol. The van der Waals surface area contributed by atoms with Crippen molar-refractivity contribution in [3.63, 3.8) is 0 Å². The summed E-state index contributed by atoms with van der Waals surface area (Å²) in [7, 11) is 0. The highest BCUT2D eigenvalue weighted by Crippen LogP contribution is 2.35. The second kappa shape index (κ2) is 6.55. The molecule has 1 aliphatic carbocycles. The maximum atomic E-state index is 3.72. The van der Waals surface area contributed by atoms with Gasteiger partial charge in [-0.1, -0.05) is 32.8 Å². The van der Waals surface area contributed by atoms with E-state index in [1.807, 2.05) is 11.3 Å². The normalized spacial score (nSPS) is 26.2. The standard InChI is InChI=1S/C15H25NS/c1-3-16-15(14-8-4-6-12(14)2)10-9-13-7-5-11-17-13/h5,7,11-12,14-16H,3-4,6,8-10H2,1-2H3. The maximum Gasteiger partial charge on any atom is 0.0101 e. The first-order valence-electron chi connectivity index (χ1n) is 7.07. The number of nitrogens with one attached hydrogen (secondary N) is 1. The summed E-state index contributed by atoms with van der Waals surface area (Å²) in [5.74, 6) is 1.83. The molecule has 1 N–H and O–H groups in total. The third-order valence-corrected chi connectivity index (χ3v) is 5.13. The molecule has 1 fully saturated rings. The summed E-state index contributed by atoms with van der Waals surface area (Å²) in [5, 5.41) is 5.91. The van der Waals surface area contributed by atoms with Gasteiger partial charge in [-0.15, -0.1) is 11.3 Å². The highest BCUT2D eigenvalue weighted by molar-refractivity contribution is 7.09. The fourth-order valence-electron chi connectivity index (χ4n) is 3.25. The van der Waals surface area contributed by atoms with E-state index in [9.17, 15) is 0 Å². The van der Waals surface area contributed by atoms with Crippen LogP contribution >= 0.6 is 11.3 Å². The van der Waals surface area contributed by atoms with E-state index in [0.29, 0.717) is 0 Å². The Morgan fingerprint density at radius 3 is 2.94 bits per heavy atom. The molecule has 2 heteroatoms. The quantitative estimate of drug-likeness (QED) is 0.803. The van der Waals surface area contributed by atoms with Crippen molar-refractivity contribution in [3.05, 3.63) is 22.4 Å². The molecule has 3 unspecified atom stereocenters. The third-order valence-electron chi connectivity index (χ3n) is 4.19. The minimum Gasteiger partial charge on any atom is -0.314 e. The Labute approximate surface area is 110 Å². The summed E-state index contributed by atoms with van der Waals surface area (Å²) in [6.45, 7) is 5.78. The minimum absolute atomic E-state index is 0.736. The van der Waals surface area contributed by atoms with Gasteiger partial charge in [-0.05, 0) is 49.1 Å². The molecule has 1 aromatic rings. The fourth-order valence-corrected chi connectivity index (χ4v) is 3.98. The minimum atomic E-state index is 0.736. The van der Waals surface area contributed by atoms with Gasteiger partial charge < -0.3 is 5.32 Å². The van der Waals surface area contributed by atoms with Gasteiger partial charge in [0, 0.05) is 10.9 Å². The van der Waals surface area contributed by atoms with Gasteiger partial charge in [0.2, 0.25) is 0 Å². The summed E-state index contributed by atoms with van der Waals surface area (Å²) in [4.78, 5) is 1.54. The summed E-state index contributed by atoms with van der Waals surface area (Å²) >= 11 is 1.90. The molecule has 0 saturated heterocycles. The first kappa shape index (κ1) is 13.1. The average Bonchev–Trinajstić information content (AvgIpc) is 2.95. The van der Waals surface area contributed by atoms with Crippen molar-refractivity contribution >= 4 is 11.3 Å². The lowest BCUT2D eigenvalue weighted by molar-refractivity contribution is 0.287. The van der Waals surface area contributed by atoms with Gasteiger partial charge in [-0.25, -0.2) is 0 Å². The van der Waals surface area contributed by atoms with Crippen molar-refractivity contribution in [3.8, 4) is 0 Å². The Bertz CT molecular complexity index is 307. The lowest BCUT2D eigenvalue weighted by Gasteiger charge is -2.27. The van der Waals surface area contributed by atoms with Crippen LogP contribution in [0.2, 0.25) is 0 Å². The Balaban J connectivity index is 1.88. The number of hydrogen-bond acceptors (Lipinski definition) is 2. The van der Waals surface area contributed by atoms with Crippen LogP contribution in [0.1, 0.15) is 44.4 Å². The van der Waals surface area contributed by atoms with Crippen LogP contribution < -0.4 is 5.32 Å². The van der Waals surface area contributed by atoms with Crippen LogP contribution in [0.15, 0.2) is 17.5 Å². The molecule has 96 valence electrons. The molecule has 0 spiro atoms. The zero-order chi connectivity index (χ0) is 12.1. The molecule has 2 rings (SSSR count). The number of thiophene rings is 1. The van der Waals surface area contributed by atoms with Gasteiger partial charge >= 0.3 is 0 Å². The first-order chi connectivity index (χ1) is 8.31. The molecule has 1 aliphatic rings. The summed E-state index contributed by atoms with van der Waals surface area (Å²) in [5.41, 5.74) is 0. The Hall–Kier alpha value is -0.340. The van der Waals surface area contributed by atoms with Gasteiger partial charge in [0.1, 0.15) is 0 Å². The molecular formula is C15H25NS. The molecule has 1 aromatic heterocycles. The Kier molecular flexibility index (Phi) is 5.05. The second-order valence-electron chi connectivity index (χ2n) is 5.35. The number of rotatable bonds is 6. The van der Waals surface area contributed by atoms with Crippen molar-refractivity contribution in [1.82, 2.24) is 5.32 Å². The third kappa shape index (κ3) is 3.56. The van der Waals surface area contributed by atoms with E-state index in [0.717, 1.165) is 24.4 Å². The van der Waals surface area contributed by atoms with E-state index < -0.39 is 0 Å². The molecule has 1 saturated carbocycles. The first-order valence-corrected chi connectivity index (χ1v) is 7.95. The zero-order valence-electron chi connectivity index (χ0n) is 11.1. The van der Waals surface area contributed by atoms with E-state index in [1.165, 1.54) is 32.1 Å². The van der Waals surface area contributed by atoms with Crippen LogP contribution in [0.25, 0.3) is 0 Å². The van der Waals surface area contributed by atoms with Gasteiger partial charge in [0.15, 0.2) is 0 Å². The fraction of sp³-hybridized carbons (Fsp3) is 0.733. The van der Waals surface area contributed by atoms with Gasteiger partial charge in [0.25, 0.3) is 0 Å². The molecule has 0 aliphatic heterocycles. The summed E-state index contributed by atoms with van der Waals surface area (Å²) in [6.07, 6.45) is 6.86. The molecule has 17 heavy (non-hydrogen) atoms. The second-order valence-corrected chi connectivity index (χ2v) is 6.39. The van der Waals surface area contributed by atoms with E-state index in [4.69, 9.17) is 0 Å². The lowest BCUT2D eigenvalue weighted by Crippen LogP contribution is -2.37. The highest BCUT2D eigenvalue weighted by Gasteiger charge is 2.29. The molecular weight excluding hydrogens is 226 g/mol. The van der Waals surface area contributed by atoms with E-state index in [1.54, 1.807) is 4.88 Å². The van der Waals surface area contributed by atoms with E-state index >= 15 is 0 Å². The molecule has 3 atom stereocenters. The molecule has 1 heterocycles. The van der Waals surface area contributed by atoms with E-state index in [-0.39, 0.29) is 0 Å². The van der Waals surface area contributed by atoms with Gasteiger partial charge in [-0.3, -0.25) is 0 Å².